The molecule has 0 atom stereocenters. The lowest BCUT2D eigenvalue weighted by atomic mass is 10.3. The summed E-state index contributed by atoms with van der Waals surface area (Å²) in [6.07, 6.45) is 3.62. The number of hydrazine groups is 1. The van der Waals surface area contributed by atoms with Crippen LogP contribution < -0.4 is 16.6 Å². The molecule has 0 unspecified atom stereocenters. The highest BCUT2D eigenvalue weighted by Crippen LogP contribution is 1.99. The van der Waals surface area contributed by atoms with Gasteiger partial charge in [-0.05, 0) is 11.6 Å². The first-order valence-corrected chi connectivity index (χ1v) is 2.99. The van der Waals surface area contributed by atoms with E-state index in [0.29, 0.717) is 12.4 Å². The summed E-state index contributed by atoms with van der Waals surface area (Å²) in [5.41, 5.74) is 12.0. The SMILES string of the molecule is COCC1=CNNC(N)=C1. The Morgan fingerprint density at radius 1 is 1.70 bits per heavy atom. The summed E-state index contributed by atoms with van der Waals surface area (Å²) in [4.78, 5) is 0. The first kappa shape index (κ1) is 6.95. The van der Waals surface area contributed by atoms with E-state index in [1.54, 1.807) is 13.3 Å². The van der Waals surface area contributed by atoms with E-state index in [1.165, 1.54) is 0 Å². The number of methoxy groups -OCH3 is 1. The van der Waals surface area contributed by atoms with Crippen molar-refractivity contribution < 1.29 is 4.74 Å². The Balaban J connectivity index is 2.51. The molecule has 4 N–H and O–H groups in total. The molecular formula is C6H11N3O. The van der Waals surface area contributed by atoms with E-state index >= 15 is 0 Å². The number of nitrogens with one attached hydrogen (secondary N) is 2. The van der Waals surface area contributed by atoms with Gasteiger partial charge in [0.15, 0.2) is 0 Å². The molecule has 4 heteroatoms. The highest BCUT2D eigenvalue weighted by atomic mass is 16.5. The number of hydrogen-bond donors (Lipinski definition) is 3. The van der Waals surface area contributed by atoms with Crippen LogP contribution in [0.3, 0.4) is 0 Å². The fourth-order valence-corrected chi connectivity index (χ4v) is 0.740. The van der Waals surface area contributed by atoms with Crippen molar-refractivity contribution in [2.45, 2.75) is 0 Å². The summed E-state index contributed by atoms with van der Waals surface area (Å²) in [7, 11) is 1.65. The number of hydrogen-bond acceptors (Lipinski definition) is 4. The van der Waals surface area contributed by atoms with Gasteiger partial charge in [0.25, 0.3) is 0 Å². The zero-order valence-electron chi connectivity index (χ0n) is 5.85. The van der Waals surface area contributed by atoms with Gasteiger partial charge in [0, 0.05) is 13.3 Å². The van der Waals surface area contributed by atoms with Crippen LogP contribution in [0.25, 0.3) is 0 Å². The first-order chi connectivity index (χ1) is 4.83. The van der Waals surface area contributed by atoms with E-state index in [-0.39, 0.29) is 0 Å². The van der Waals surface area contributed by atoms with Gasteiger partial charge in [-0.3, -0.25) is 5.43 Å². The van der Waals surface area contributed by atoms with Crippen molar-refractivity contribution >= 4 is 0 Å². The van der Waals surface area contributed by atoms with Gasteiger partial charge in [-0.25, -0.2) is 0 Å². The van der Waals surface area contributed by atoms with Crippen molar-refractivity contribution in [2.24, 2.45) is 5.73 Å². The van der Waals surface area contributed by atoms with Gasteiger partial charge in [-0.15, -0.1) is 0 Å². The van der Waals surface area contributed by atoms with Crippen LogP contribution in [0.2, 0.25) is 0 Å². The van der Waals surface area contributed by atoms with Crippen molar-refractivity contribution in [1.82, 2.24) is 10.9 Å². The average molecular weight is 141 g/mol. The molecule has 0 spiro atoms. The van der Waals surface area contributed by atoms with Gasteiger partial charge in [0.1, 0.15) is 5.82 Å². The monoisotopic (exact) mass is 141 g/mol. The van der Waals surface area contributed by atoms with Gasteiger partial charge in [-0.1, -0.05) is 0 Å². The van der Waals surface area contributed by atoms with Crippen molar-refractivity contribution in [3.05, 3.63) is 23.7 Å². The normalized spacial score (nSPS) is 16.5. The molecule has 0 amide bonds. The Labute approximate surface area is 59.7 Å². The maximum Gasteiger partial charge on any atom is 0.115 e. The van der Waals surface area contributed by atoms with Crippen LogP contribution in [0, 0.1) is 0 Å². The third kappa shape index (κ3) is 1.66. The van der Waals surface area contributed by atoms with Gasteiger partial charge < -0.3 is 15.9 Å². The van der Waals surface area contributed by atoms with Crippen LogP contribution in [-0.4, -0.2) is 13.7 Å². The fourth-order valence-electron chi connectivity index (χ4n) is 0.740. The third-order valence-corrected chi connectivity index (χ3v) is 1.13. The minimum atomic E-state index is 0.579. The second-order valence-electron chi connectivity index (χ2n) is 2.02. The third-order valence-electron chi connectivity index (χ3n) is 1.13. The summed E-state index contributed by atoms with van der Waals surface area (Å²) in [5.74, 6) is 0.606. The van der Waals surface area contributed by atoms with E-state index in [1.807, 2.05) is 6.08 Å². The highest BCUT2D eigenvalue weighted by molar-refractivity contribution is 5.24. The Hall–Kier alpha value is -1.16. The molecule has 0 saturated heterocycles. The zero-order chi connectivity index (χ0) is 7.40. The van der Waals surface area contributed by atoms with Gasteiger partial charge in [-0.2, -0.15) is 0 Å². The molecule has 1 aliphatic rings. The second-order valence-corrected chi connectivity index (χ2v) is 2.02. The summed E-state index contributed by atoms with van der Waals surface area (Å²) < 4.78 is 4.89. The van der Waals surface area contributed by atoms with Crippen molar-refractivity contribution in [3.8, 4) is 0 Å². The molecule has 0 aromatic carbocycles. The van der Waals surface area contributed by atoms with E-state index in [2.05, 4.69) is 10.9 Å². The number of rotatable bonds is 2. The summed E-state index contributed by atoms with van der Waals surface area (Å²) in [6, 6.07) is 0. The number of ether oxygens (including phenoxy) is 1. The molecular weight excluding hydrogens is 130 g/mol. The molecule has 56 valence electrons. The van der Waals surface area contributed by atoms with Crippen molar-refractivity contribution in [1.29, 1.82) is 0 Å². The molecule has 0 saturated carbocycles. The standard InChI is InChI=1S/C6H11N3O/c1-10-4-5-2-6(7)9-8-3-5/h2-3,8-9H,4,7H2,1H3. The fraction of sp³-hybridized carbons (Fsp3) is 0.333. The molecule has 10 heavy (non-hydrogen) atoms. The molecule has 1 heterocycles. The highest BCUT2D eigenvalue weighted by Gasteiger charge is 1.98. The second kappa shape index (κ2) is 3.12. The Kier molecular flexibility index (Phi) is 2.17. The lowest BCUT2D eigenvalue weighted by molar-refractivity contribution is 0.227. The van der Waals surface area contributed by atoms with Gasteiger partial charge in [0.2, 0.25) is 0 Å². The maximum absolute atomic E-state index is 5.45. The van der Waals surface area contributed by atoms with Crippen LogP contribution >= 0.6 is 0 Å². The van der Waals surface area contributed by atoms with E-state index in [4.69, 9.17) is 10.5 Å². The quantitative estimate of drug-likeness (QED) is 0.481. The largest absolute Gasteiger partial charge is 0.384 e. The predicted molar refractivity (Wildman–Crippen MR) is 38.5 cm³/mol. The molecule has 0 radical (unpaired) electrons. The molecule has 0 aromatic rings. The van der Waals surface area contributed by atoms with Crippen LogP contribution in [0.1, 0.15) is 0 Å². The van der Waals surface area contributed by atoms with Crippen LogP contribution in [0.4, 0.5) is 0 Å². The zero-order valence-corrected chi connectivity index (χ0v) is 5.85. The Bertz CT molecular complexity index is 174. The molecule has 0 aromatic heterocycles. The molecule has 1 rings (SSSR count). The van der Waals surface area contributed by atoms with Crippen molar-refractivity contribution in [2.75, 3.05) is 13.7 Å². The smallest absolute Gasteiger partial charge is 0.115 e. The van der Waals surface area contributed by atoms with E-state index in [0.717, 1.165) is 5.57 Å². The molecule has 0 fully saturated rings. The topological polar surface area (TPSA) is 59.3 Å². The lowest BCUT2D eigenvalue weighted by Crippen LogP contribution is -2.33. The predicted octanol–water partition coefficient (Wildman–Crippen LogP) is -0.575. The molecule has 1 aliphatic heterocycles. The summed E-state index contributed by atoms with van der Waals surface area (Å²) >= 11 is 0. The van der Waals surface area contributed by atoms with E-state index in [9.17, 15) is 0 Å². The summed E-state index contributed by atoms with van der Waals surface area (Å²) in [5, 5.41) is 0. The molecule has 0 aliphatic carbocycles. The molecule has 4 nitrogen and oxygen atoms in total. The summed E-state index contributed by atoms with van der Waals surface area (Å²) in [6.45, 7) is 0.579. The number of nitrogens with two attached hydrogens (primary N) is 1. The van der Waals surface area contributed by atoms with Crippen LogP contribution in [-0.2, 0) is 4.74 Å². The Morgan fingerprint density at radius 2 is 2.50 bits per heavy atom. The lowest BCUT2D eigenvalue weighted by Gasteiger charge is -2.13. The van der Waals surface area contributed by atoms with E-state index < -0.39 is 0 Å². The van der Waals surface area contributed by atoms with Crippen LogP contribution in [0.5, 0.6) is 0 Å². The minimum absolute atomic E-state index is 0.579. The minimum Gasteiger partial charge on any atom is -0.384 e. The Morgan fingerprint density at radius 3 is 3.10 bits per heavy atom. The van der Waals surface area contributed by atoms with Crippen molar-refractivity contribution in [3.63, 3.8) is 0 Å². The molecule has 0 bridgehead atoms. The van der Waals surface area contributed by atoms with Gasteiger partial charge in [0.05, 0.1) is 6.61 Å². The van der Waals surface area contributed by atoms with Gasteiger partial charge >= 0.3 is 0 Å². The maximum atomic E-state index is 5.45. The first-order valence-electron chi connectivity index (χ1n) is 2.99. The van der Waals surface area contributed by atoms with Crippen LogP contribution in [0.15, 0.2) is 23.7 Å². The average Bonchev–Trinajstić information content (AvgIpc) is 1.88.